The van der Waals surface area contributed by atoms with Crippen LogP contribution in [0.4, 0.5) is 0 Å². The number of hydrogen-bond donors (Lipinski definition) is 2. The van der Waals surface area contributed by atoms with Crippen LogP contribution in [0.3, 0.4) is 0 Å². The topological polar surface area (TPSA) is 58.2 Å². The Kier molecular flexibility index (Phi) is 6.94. The Bertz CT molecular complexity index is 271. The van der Waals surface area contributed by atoms with E-state index in [1.54, 1.807) is 14.0 Å². The minimum Gasteiger partial charge on any atom is -0.352 e. The Morgan fingerprint density at radius 3 is 2.39 bits per heavy atom. The van der Waals surface area contributed by atoms with E-state index in [1.807, 2.05) is 0 Å². The van der Waals surface area contributed by atoms with Gasteiger partial charge in [0.2, 0.25) is 5.91 Å². The van der Waals surface area contributed by atoms with Crippen LogP contribution in [0.15, 0.2) is 0 Å². The summed E-state index contributed by atoms with van der Waals surface area (Å²) < 4.78 is 0. The van der Waals surface area contributed by atoms with Gasteiger partial charge >= 0.3 is 0 Å². The number of carbonyl (C=O) groups excluding carboxylic acids is 2. The Morgan fingerprint density at radius 1 is 1.17 bits per heavy atom. The van der Waals surface area contributed by atoms with Crippen molar-refractivity contribution in [1.29, 1.82) is 0 Å². The van der Waals surface area contributed by atoms with Gasteiger partial charge < -0.3 is 15.4 Å². The fraction of sp³-hybridized carbons (Fsp3) is 0.857. The van der Waals surface area contributed by atoms with Crippen molar-refractivity contribution in [3.05, 3.63) is 0 Å². The Hall–Kier alpha value is -0.900. The molecule has 0 bridgehead atoms. The van der Waals surface area contributed by atoms with Crippen molar-refractivity contribution in [2.75, 3.05) is 13.6 Å². The van der Waals surface area contributed by atoms with Gasteiger partial charge in [-0.15, -0.1) is 0 Å². The zero-order valence-electron chi connectivity index (χ0n) is 11.6. The lowest BCUT2D eigenvalue weighted by molar-refractivity contribution is -0.121. The highest BCUT2D eigenvalue weighted by atomic mass is 16.2. The van der Waals surface area contributed by atoms with E-state index in [0.717, 1.165) is 38.0 Å². The quantitative estimate of drug-likeness (QED) is 0.726. The first-order valence-electron chi connectivity index (χ1n) is 7.05. The summed E-state index contributed by atoms with van der Waals surface area (Å²) in [6.45, 7) is 2.06. The molecule has 0 radical (unpaired) electrons. The molecule has 0 spiro atoms. The number of amides is 1. The second-order valence-electron chi connectivity index (χ2n) is 5.41. The molecule has 1 aliphatic rings. The zero-order chi connectivity index (χ0) is 13.4. The first-order valence-corrected chi connectivity index (χ1v) is 7.05. The van der Waals surface area contributed by atoms with E-state index in [-0.39, 0.29) is 5.91 Å². The fourth-order valence-electron chi connectivity index (χ4n) is 2.67. The molecule has 2 N–H and O–H groups in total. The van der Waals surface area contributed by atoms with Crippen molar-refractivity contribution in [1.82, 2.24) is 10.6 Å². The molecule has 4 nitrogen and oxygen atoms in total. The van der Waals surface area contributed by atoms with Gasteiger partial charge in [0.1, 0.15) is 5.78 Å². The molecule has 0 heterocycles. The Balaban J connectivity index is 2.12. The monoisotopic (exact) mass is 254 g/mol. The number of likely N-dealkylation sites (N-methyl/N-ethyl adjacent to an activating group) is 1. The molecule has 1 aliphatic carbocycles. The van der Waals surface area contributed by atoms with Crippen LogP contribution in [0, 0.1) is 5.92 Å². The summed E-state index contributed by atoms with van der Waals surface area (Å²) in [5.74, 6) is 1.14. The van der Waals surface area contributed by atoms with Gasteiger partial charge in [-0.05, 0) is 52.0 Å². The average Bonchev–Trinajstić information content (AvgIpc) is 2.31. The molecule has 4 heteroatoms. The zero-order valence-corrected chi connectivity index (χ0v) is 11.6. The van der Waals surface area contributed by atoms with E-state index in [1.165, 1.54) is 12.8 Å². The number of rotatable bonds is 7. The summed E-state index contributed by atoms with van der Waals surface area (Å²) in [6.07, 6.45) is 7.44. The summed E-state index contributed by atoms with van der Waals surface area (Å²) in [5.41, 5.74) is 0. The maximum absolute atomic E-state index is 11.4. The molecular formula is C14H26N2O2. The summed E-state index contributed by atoms with van der Waals surface area (Å²) in [7, 11) is 1.78. The van der Waals surface area contributed by atoms with E-state index in [4.69, 9.17) is 0 Å². The second-order valence-corrected chi connectivity index (χ2v) is 5.41. The van der Waals surface area contributed by atoms with Gasteiger partial charge in [-0.25, -0.2) is 0 Å². The van der Waals surface area contributed by atoms with Gasteiger partial charge in [0.15, 0.2) is 0 Å². The number of nitrogens with one attached hydrogen (secondary N) is 2. The Morgan fingerprint density at radius 2 is 1.83 bits per heavy atom. The van der Waals surface area contributed by atoms with Crippen LogP contribution in [0.5, 0.6) is 0 Å². The van der Waals surface area contributed by atoms with Crippen LogP contribution in [0.1, 0.15) is 51.9 Å². The van der Waals surface area contributed by atoms with E-state index in [0.29, 0.717) is 18.4 Å². The van der Waals surface area contributed by atoms with E-state index in [9.17, 15) is 9.59 Å². The minimum atomic E-state index is 0.0949. The van der Waals surface area contributed by atoms with Crippen molar-refractivity contribution >= 4 is 11.7 Å². The highest BCUT2D eigenvalue weighted by molar-refractivity contribution is 5.78. The largest absolute Gasteiger partial charge is 0.352 e. The van der Waals surface area contributed by atoms with Crippen molar-refractivity contribution in [3.8, 4) is 0 Å². The molecule has 0 atom stereocenters. The number of ketones is 1. The van der Waals surface area contributed by atoms with Crippen LogP contribution in [-0.4, -0.2) is 31.3 Å². The van der Waals surface area contributed by atoms with Crippen LogP contribution < -0.4 is 10.6 Å². The molecule has 1 saturated carbocycles. The predicted molar refractivity (Wildman–Crippen MR) is 72.3 cm³/mol. The normalized spacial score (nSPS) is 23.7. The van der Waals surface area contributed by atoms with Crippen LogP contribution >= 0.6 is 0 Å². The first kappa shape index (κ1) is 15.2. The number of hydrogen-bond acceptors (Lipinski definition) is 3. The lowest BCUT2D eigenvalue weighted by Gasteiger charge is -2.29. The third-order valence-electron chi connectivity index (χ3n) is 3.69. The molecule has 0 saturated heterocycles. The minimum absolute atomic E-state index is 0.0949. The van der Waals surface area contributed by atoms with Gasteiger partial charge in [-0.2, -0.15) is 0 Å². The third-order valence-corrected chi connectivity index (χ3v) is 3.69. The molecule has 0 unspecified atom stereocenters. The SMILES string of the molecule is CNCC(=O)NC1CCC(CCCC(C)=O)CC1. The first-order chi connectivity index (χ1) is 8.61. The molecule has 104 valence electrons. The maximum Gasteiger partial charge on any atom is 0.234 e. The highest BCUT2D eigenvalue weighted by Crippen LogP contribution is 2.28. The lowest BCUT2D eigenvalue weighted by Crippen LogP contribution is -2.41. The van der Waals surface area contributed by atoms with Crippen molar-refractivity contribution in [3.63, 3.8) is 0 Å². The average molecular weight is 254 g/mol. The van der Waals surface area contributed by atoms with Gasteiger partial charge in [0, 0.05) is 12.5 Å². The summed E-state index contributed by atoms with van der Waals surface area (Å²) in [6, 6.07) is 0.356. The molecular weight excluding hydrogens is 228 g/mol. The standard InChI is InChI=1S/C14H26N2O2/c1-11(17)4-3-5-12-6-8-13(9-7-12)16-14(18)10-15-2/h12-13,15H,3-10H2,1-2H3,(H,16,18). The molecule has 1 rings (SSSR count). The summed E-state index contributed by atoms with van der Waals surface area (Å²) >= 11 is 0. The van der Waals surface area contributed by atoms with Crippen LogP contribution in [0.2, 0.25) is 0 Å². The van der Waals surface area contributed by atoms with Crippen LogP contribution in [-0.2, 0) is 9.59 Å². The number of carbonyl (C=O) groups is 2. The molecule has 1 amide bonds. The van der Waals surface area contributed by atoms with E-state index >= 15 is 0 Å². The van der Waals surface area contributed by atoms with Gasteiger partial charge in [-0.1, -0.05) is 6.42 Å². The summed E-state index contributed by atoms with van der Waals surface area (Å²) in [4.78, 5) is 22.3. The molecule has 0 aromatic carbocycles. The Labute approximate surface area is 110 Å². The molecule has 0 aromatic heterocycles. The summed E-state index contributed by atoms with van der Waals surface area (Å²) in [5, 5.41) is 5.92. The van der Waals surface area contributed by atoms with E-state index < -0.39 is 0 Å². The molecule has 18 heavy (non-hydrogen) atoms. The lowest BCUT2D eigenvalue weighted by atomic mass is 9.83. The smallest absolute Gasteiger partial charge is 0.234 e. The highest BCUT2D eigenvalue weighted by Gasteiger charge is 2.21. The van der Waals surface area contributed by atoms with Gasteiger partial charge in [-0.3, -0.25) is 4.79 Å². The van der Waals surface area contributed by atoms with Crippen LogP contribution in [0.25, 0.3) is 0 Å². The number of Topliss-reactive ketones (excluding diaryl/α,β-unsaturated/α-hetero) is 1. The van der Waals surface area contributed by atoms with E-state index in [2.05, 4.69) is 10.6 Å². The molecule has 1 fully saturated rings. The third kappa shape index (κ3) is 6.15. The van der Waals surface area contributed by atoms with Gasteiger partial charge in [0.05, 0.1) is 6.54 Å². The van der Waals surface area contributed by atoms with Gasteiger partial charge in [0.25, 0.3) is 0 Å². The molecule has 0 aromatic rings. The fourth-order valence-corrected chi connectivity index (χ4v) is 2.67. The predicted octanol–water partition coefficient (Wildman–Crippen LogP) is 1.64. The van der Waals surface area contributed by atoms with Crippen molar-refractivity contribution < 1.29 is 9.59 Å². The second kappa shape index (κ2) is 8.25. The van der Waals surface area contributed by atoms with Crippen molar-refractivity contribution in [2.24, 2.45) is 5.92 Å². The maximum atomic E-state index is 11.4. The molecule has 0 aliphatic heterocycles. The van der Waals surface area contributed by atoms with Crippen molar-refractivity contribution in [2.45, 2.75) is 57.9 Å².